The summed E-state index contributed by atoms with van der Waals surface area (Å²) in [6, 6.07) is 6.68. The van der Waals surface area contributed by atoms with Crippen LogP contribution in [0.4, 0.5) is 25.0 Å². The van der Waals surface area contributed by atoms with Crippen molar-refractivity contribution in [3.05, 3.63) is 41.2 Å². The van der Waals surface area contributed by atoms with E-state index in [1.165, 1.54) is 6.92 Å². The van der Waals surface area contributed by atoms with E-state index in [9.17, 15) is 18.4 Å². The maximum absolute atomic E-state index is 12.9. The zero-order valence-corrected chi connectivity index (χ0v) is 15.1. The number of carbonyl (C=O) groups excluding carboxylic acids is 2. The second-order valence-corrected chi connectivity index (χ2v) is 6.55. The van der Waals surface area contributed by atoms with Gasteiger partial charge in [-0.3, -0.25) is 4.79 Å². The minimum Gasteiger partial charge on any atom is -0.335 e. The molecule has 144 valence electrons. The molecule has 1 aromatic carbocycles. The number of carbonyl (C=O) groups is 2. The predicted molar refractivity (Wildman–Crippen MR) is 96.9 cm³/mol. The Kier molecular flexibility index (Phi) is 5.38. The number of hydrogen-bond acceptors (Lipinski definition) is 3. The van der Waals surface area contributed by atoms with Crippen LogP contribution in [-0.2, 0) is 11.2 Å². The first kappa shape index (κ1) is 18.8. The molecule has 0 saturated heterocycles. The van der Waals surface area contributed by atoms with Crippen molar-refractivity contribution in [2.75, 3.05) is 10.6 Å². The maximum atomic E-state index is 12.9. The van der Waals surface area contributed by atoms with Gasteiger partial charge in [0.05, 0.1) is 12.1 Å². The number of halogens is 2. The lowest BCUT2D eigenvalue weighted by Gasteiger charge is -2.09. The highest BCUT2D eigenvalue weighted by Crippen LogP contribution is 2.21. The van der Waals surface area contributed by atoms with Crippen LogP contribution in [-0.4, -0.2) is 27.8 Å². The van der Waals surface area contributed by atoms with Crippen LogP contribution >= 0.6 is 0 Å². The Morgan fingerprint density at radius 2 is 1.74 bits per heavy atom. The number of nitrogens with zero attached hydrogens (tertiary/aromatic N) is 2. The van der Waals surface area contributed by atoms with E-state index in [-0.39, 0.29) is 30.1 Å². The van der Waals surface area contributed by atoms with Crippen molar-refractivity contribution in [2.45, 2.75) is 45.7 Å². The van der Waals surface area contributed by atoms with E-state index in [1.54, 1.807) is 31.2 Å². The first-order valence-corrected chi connectivity index (χ1v) is 8.63. The number of amides is 3. The van der Waals surface area contributed by atoms with Gasteiger partial charge in [-0.05, 0) is 51.0 Å². The normalized spacial score (nSPS) is 13.5. The summed E-state index contributed by atoms with van der Waals surface area (Å²) >= 11 is 0. The zero-order valence-electron chi connectivity index (χ0n) is 15.1. The summed E-state index contributed by atoms with van der Waals surface area (Å²) < 4.78 is 26.4. The molecule has 0 spiro atoms. The topological polar surface area (TPSA) is 88.1 Å². The number of anilines is 2. The molecule has 0 atom stereocenters. The van der Waals surface area contributed by atoms with Gasteiger partial charge in [0, 0.05) is 28.7 Å². The van der Waals surface area contributed by atoms with Crippen molar-refractivity contribution >= 4 is 23.3 Å². The molecule has 0 aliphatic heterocycles. The fraction of sp³-hybridized carbons (Fsp3) is 0.389. The van der Waals surface area contributed by atoms with Gasteiger partial charge in [-0.2, -0.15) is 13.9 Å². The fourth-order valence-electron chi connectivity index (χ4n) is 2.73. The second-order valence-electron chi connectivity index (χ2n) is 6.55. The number of hydrogen-bond donors (Lipinski definition) is 3. The van der Waals surface area contributed by atoms with Gasteiger partial charge in [-0.15, -0.1) is 0 Å². The molecule has 3 amide bonds. The lowest BCUT2D eigenvalue weighted by molar-refractivity contribution is -0.115. The van der Waals surface area contributed by atoms with Crippen LogP contribution in [0.25, 0.3) is 0 Å². The lowest BCUT2D eigenvalue weighted by Crippen LogP contribution is -2.30. The molecule has 9 heteroatoms. The summed E-state index contributed by atoms with van der Waals surface area (Å²) in [5, 5.41) is 12.0. The molecule has 7 nitrogen and oxygen atoms in total. The van der Waals surface area contributed by atoms with Gasteiger partial charge in [0.15, 0.2) is 0 Å². The third-order valence-corrected chi connectivity index (χ3v) is 4.34. The van der Waals surface area contributed by atoms with Gasteiger partial charge in [-0.1, -0.05) is 0 Å². The molecule has 2 aromatic rings. The van der Waals surface area contributed by atoms with Crippen molar-refractivity contribution in [3.63, 3.8) is 0 Å². The summed E-state index contributed by atoms with van der Waals surface area (Å²) in [6.07, 6.45) is 1.97. The van der Waals surface area contributed by atoms with Gasteiger partial charge >= 0.3 is 12.6 Å². The Morgan fingerprint density at radius 1 is 1.15 bits per heavy atom. The third kappa shape index (κ3) is 4.81. The van der Waals surface area contributed by atoms with E-state index >= 15 is 0 Å². The Bertz CT molecular complexity index is 844. The summed E-state index contributed by atoms with van der Waals surface area (Å²) in [6.45, 7) is 0.376. The van der Waals surface area contributed by atoms with E-state index in [0.29, 0.717) is 27.3 Å². The Hall–Kier alpha value is -2.97. The molecule has 1 aliphatic carbocycles. The Morgan fingerprint density at radius 3 is 2.26 bits per heavy atom. The van der Waals surface area contributed by atoms with E-state index in [2.05, 4.69) is 21.0 Å². The zero-order chi connectivity index (χ0) is 19.6. The van der Waals surface area contributed by atoms with E-state index in [1.807, 2.05) is 0 Å². The number of aryl methyl sites for hydroxylation is 1. The summed E-state index contributed by atoms with van der Waals surface area (Å²) in [5.74, 6) is -0.331. The molecule has 1 aromatic heterocycles. The van der Waals surface area contributed by atoms with Gasteiger partial charge in [0.2, 0.25) is 5.91 Å². The average molecular weight is 377 g/mol. The van der Waals surface area contributed by atoms with Gasteiger partial charge in [0.1, 0.15) is 0 Å². The van der Waals surface area contributed by atoms with E-state index in [0.717, 1.165) is 12.8 Å². The molecule has 0 bridgehead atoms. The minimum atomic E-state index is -2.74. The molecule has 1 saturated carbocycles. The maximum Gasteiger partial charge on any atom is 0.333 e. The van der Waals surface area contributed by atoms with Crippen LogP contribution < -0.4 is 16.0 Å². The van der Waals surface area contributed by atoms with Crippen molar-refractivity contribution in [1.82, 2.24) is 15.1 Å². The first-order valence-electron chi connectivity index (χ1n) is 8.63. The highest BCUT2D eigenvalue weighted by atomic mass is 19.3. The molecule has 0 unspecified atom stereocenters. The van der Waals surface area contributed by atoms with Crippen molar-refractivity contribution in [3.8, 4) is 0 Å². The summed E-state index contributed by atoms with van der Waals surface area (Å²) in [7, 11) is 0. The highest BCUT2D eigenvalue weighted by Gasteiger charge is 2.23. The molecule has 3 rings (SSSR count). The van der Waals surface area contributed by atoms with Crippen molar-refractivity contribution in [2.24, 2.45) is 0 Å². The van der Waals surface area contributed by atoms with E-state index < -0.39 is 6.55 Å². The smallest absolute Gasteiger partial charge is 0.333 e. The standard InChI is InChI=1S/C18H21F2N5O2/c1-10-15(11(2)25(24-10)17(19)20)9-16(26)21-12-3-5-13(6-4-12)22-18(27)23-14-7-8-14/h3-6,14,17H,7-9H2,1-2H3,(H,21,26)(H2,22,23,27). The quantitative estimate of drug-likeness (QED) is 0.721. The van der Waals surface area contributed by atoms with E-state index in [4.69, 9.17) is 0 Å². The van der Waals surface area contributed by atoms with Gasteiger partial charge in [0.25, 0.3) is 0 Å². The molecule has 27 heavy (non-hydrogen) atoms. The Balaban J connectivity index is 1.57. The van der Waals surface area contributed by atoms with Crippen LogP contribution in [0.15, 0.2) is 24.3 Å². The number of benzene rings is 1. The van der Waals surface area contributed by atoms with Gasteiger partial charge in [-0.25, -0.2) is 9.48 Å². The molecule has 1 heterocycles. The predicted octanol–water partition coefficient (Wildman–Crippen LogP) is 3.36. The molecular weight excluding hydrogens is 356 g/mol. The van der Waals surface area contributed by atoms with Crippen molar-refractivity contribution < 1.29 is 18.4 Å². The van der Waals surface area contributed by atoms with Crippen LogP contribution in [0, 0.1) is 13.8 Å². The van der Waals surface area contributed by atoms with Crippen LogP contribution in [0.3, 0.4) is 0 Å². The number of aromatic nitrogens is 2. The average Bonchev–Trinajstić information content (AvgIpc) is 3.37. The van der Waals surface area contributed by atoms with Crippen LogP contribution in [0.1, 0.15) is 36.3 Å². The monoisotopic (exact) mass is 377 g/mol. The summed E-state index contributed by atoms with van der Waals surface area (Å²) in [5.41, 5.74) is 2.33. The SMILES string of the molecule is Cc1nn(C(F)F)c(C)c1CC(=O)Nc1ccc(NC(=O)NC2CC2)cc1. The van der Waals surface area contributed by atoms with Crippen LogP contribution in [0.2, 0.25) is 0 Å². The number of rotatable bonds is 6. The number of alkyl halides is 2. The highest BCUT2D eigenvalue weighted by molar-refractivity contribution is 5.93. The molecular formula is C18H21F2N5O2. The fourth-order valence-corrected chi connectivity index (χ4v) is 2.73. The molecule has 1 aliphatic rings. The Labute approximate surface area is 155 Å². The largest absolute Gasteiger partial charge is 0.335 e. The molecule has 0 radical (unpaired) electrons. The third-order valence-electron chi connectivity index (χ3n) is 4.34. The molecule has 1 fully saturated rings. The summed E-state index contributed by atoms with van der Waals surface area (Å²) in [4.78, 5) is 23.9. The lowest BCUT2D eigenvalue weighted by atomic mass is 10.1. The first-order chi connectivity index (χ1) is 12.8. The number of urea groups is 1. The minimum absolute atomic E-state index is 0.0474. The van der Waals surface area contributed by atoms with Gasteiger partial charge < -0.3 is 16.0 Å². The van der Waals surface area contributed by atoms with Crippen molar-refractivity contribution in [1.29, 1.82) is 0 Å². The molecule has 3 N–H and O–H groups in total. The second kappa shape index (κ2) is 7.73. The van der Waals surface area contributed by atoms with Crippen LogP contribution in [0.5, 0.6) is 0 Å². The number of nitrogens with one attached hydrogen (secondary N) is 3.